The summed E-state index contributed by atoms with van der Waals surface area (Å²) in [4.78, 5) is 18.9. The van der Waals surface area contributed by atoms with Crippen LogP contribution in [0, 0.1) is 0 Å². The minimum Gasteiger partial charge on any atom is -0.368 e. The molecule has 0 saturated carbocycles. The van der Waals surface area contributed by atoms with E-state index in [1.807, 2.05) is 24.3 Å². The van der Waals surface area contributed by atoms with E-state index >= 15 is 0 Å². The lowest BCUT2D eigenvalue weighted by Gasteiger charge is -2.21. The minimum atomic E-state index is -4.27. The van der Waals surface area contributed by atoms with Crippen molar-refractivity contribution in [3.8, 4) is 0 Å². The molecule has 0 amide bonds. The van der Waals surface area contributed by atoms with E-state index in [4.69, 9.17) is 0 Å². The lowest BCUT2D eigenvalue weighted by molar-refractivity contribution is 0.363. The Morgan fingerprint density at radius 3 is 1.89 bits per heavy atom. The van der Waals surface area contributed by atoms with Crippen LogP contribution in [0.25, 0.3) is 0 Å². The summed E-state index contributed by atoms with van der Waals surface area (Å²) in [6.45, 7) is 0. The van der Waals surface area contributed by atoms with Crippen LogP contribution >= 0.6 is 7.60 Å². The molecule has 0 aliphatic carbocycles. The van der Waals surface area contributed by atoms with Gasteiger partial charge in [0, 0.05) is 5.69 Å². The molecular weight excluding hydrogens is 249 g/mol. The maximum atomic E-state index is 11.6. The van der Waals surface area contributed by atoms with Crippen molar-refractivity contribution in [2.75, 3.05) is 5.32 Å². The Hall–Kier alpha value is -1.61. The van der Waals surface area contributed by atoms with Crippen molar-refractivity contribution < 1.29 is 14.4 Å². The summed E-state index contributed by atoms with van der Waals surface area (Å²) in [6, 6.07) is 17.7. The van der Waals surface area contributed by atoms with Crippen LogP contribution in [0.15, 0.2) is 60.7 Å². The molecular formula is C13H14NO3P. The Kier molecular flexibility index (Phi) is 3.82. The fourth-order valence-corrected chi connectivity index (χ4v) is 2.57. The van der Waals surface area contributed by atoms with E-state index in [1.54, 1.807) is 36.4 Å². The Morgan fingerprint density at radius 1 is 0.889 bits per heavy atom. The average Bonchev–Trinajstić information content (AvgIpc) is 2.37. The summed E-state index contributed by atoms with van der Waals surface area (Å²) in [7, 11) is -4.27. The van der Waals surface area contributed by atoms with Crippen LogP contribution in [0.1, 0.15) is 11.3 Å². The molecule has 0 radical (unpaired) electrons. The van der Waals surface area contributed by atoms with Gasteiger partial charge in [0.25, 0.3) is 0 Å². The Balaban J connectivity index is 2.31. The normalized spacial score (nSPS) is 13.0. The first-order chi connectivity index (χ1) is 8.57. The second-order valence-electron chi connectivity index (χ2n) is 3.91. The Labute approximate surface area is 105 Å². The number of benzene rings is 2. The third kappa shape index (κ3) is 3.20. The molecule has 4 nitrogen and oxygen atoms in total. The highest BCUT2D eigenvalue weighted by molar-refractivity contribution is 7.52. The van der Waals surface area contributed by atoms with Crippen LogP contribution < -0.4 is 5.32 Å². The van der Waals surface area contributed by atoms with E-state index in [9.17, 15) is 14.4 Å². The zero-order valence-corrected chi connectivity index (χ0v) is 10.5. The van der Waals surface area contributed by atoms with E-state index < -0.39 is 13.4 Å². The van der Waals surface area contributed by atoms with Gasteiger partial charge in [-0.05, 0) is 17.7 Å². The van der Waals surface area contributed by atoms with Crippen LogP contribution in [0.3, 0.4) is 0 Å². The molecule has 18 heavy (non-hydrogen) atoms. The molecule has 0 bridgehead atoms. The van der Waals surface area contributed by atoms with Crippen molar-refractivity contribution in [3.05, 3.63) is 66.2 Å². The third-order valence-electron chi connectivity index (χ3n) is 2.53. The van der Waals surface area contributed by atoms with E-state index in [2.05, 4.69) is 5.32 Å². The number of rotatable bonds is 4. The Bertz CT molecular complexity index is 539. The minimum absolute atomic E-state index is 0.565. The smallest absolute Gasteiger partial charge is 0.352 e. The average molecular weight is 263 g/mol. The first kappa shape index (κ1) is 12.8. The predicted octanol–water partition coefficient (Wildman–Crippen LogP) is 2.98. The van der Waals surface area contributed by atoms with Gasteiger partial charge in [-0.15, -0.1) is 0 Å². The van der Waals surface area contributed by atoms with Gasteiger partial charge < -0.3 is 15.1 Å². The molecule has 5 heteroatoms. The molecule has 0 spiro atoms. The molecule has 2 rings (SSSR count). The fraction of sp³-hybridized carbons (Fsp3) is 0.0769. The van der Waals surface area contributed by atoms with Crippen molar-refractivity contribution >= 4 is 13.3 Å². The molecule has 2 aromatic carbocycles. The van der Waals surface area contributed by atoms with Gasteiger partial charge in [-0.1, -0.05) is 48.5 Å². The second kappa shape index (κ2) is 5.36. The standard InChI is InChI=1S/C13H14NO3P/c15-18(16,17)13(11-7-3-1-4-8-11)14-12-9-5-2-6-10-12/h1-10,13-14H,(H2,15,16,17)/t13-/m0/s1. The monoisotopic (exact) mass is 263 g/mol. The van der Waals surface area contributed by atoms with Gasteiger partial charge in [-0.2, -0.15) is 0 Å². The van der Waals surface area contributed by atoms with Crippen LogP contribution in [-0.4, -0.2) is 9.79 Å². The fourth-order valence-electron chi connectivity index (χ4n) is 1.69. The highest BCUT2D eigenvalue weighted by atomic mass is 31.2. The molecule has 0 unspecified atom stereocenters. The number of anilines is 1. The Morgan fingerprint density at radius 2 is 1.39 bits per heavy atom. The largest absolute Gasteiger partial charge is 0.368 e. The molecule has 0 saturated heterocycles. The first-order valence-electron chi connectivity index (χ1n) is 5.49. The van der Waals surface area contributed by atoms with Crippen LogP contribution in [-0.2, 0) is 4.57 Å². The lowest BCUT2D eigenvalue weighted by Crippen LogP contribution is -2.11. The van der Waals surface area contributed by atoms with Gasteiger partial charge in [0.15, 0.2) is 5.78 Å². The SMILES string of the molecule is O=P(O)(O)[C@H](Nc1ccccc1)c1ccccc1. The second-order valence-corrected chi connectivity index (χ2v) is 5.61. The molecule has 94 valence electrons. The number of hydrogen-bond acceptors (Lipinski definition) is 2. The van der Waals surface area contributed by atoms with Crippen LogP contribution in [0.2, 0.25) is 0 Å². The highest BCUT2D eigenvalue weighted by Gasteiger charge is 2.30. The van der Waals surface area contributed by atoms with Crippen molar-refractivity contribution in [2.24, 2.45) is 0 Å². The molecule has 1 atom stereocenters. The van der Waals surface area contributed by atoms with Crippen LogP contribution in [0.5, 0.6) is 0 Å². The zero-order chi connectivity index (χ0) is 13.0. The van der Waals surface area contributed by atoms with Gasteiger partial charge in [0.1, 0.15) is 0 Å². The highest BCUT2D eigenvalue weighted by Crippen LogP contribution is 2.51. The summed E-state index contributed by atoms with van der Waals surface area (Å²) in [5, 5.41) is 2.87. The first-order valence-corrected chi connectivity index (χ1v) is 7.17. The maximum Gasteiger partial charge on any atom is 0.352 e. The van der Waals surface area contributed by atoms with E-state index in [-0.39, 0.29) is 0 Å². The van der Waals surface area contributed by atoms with Crippen molar-refractivity contribution in [1.82, 2.24) is 0 Å². The van der Waals surface area contributed by atoms with Crippen molar-refractivity contribution in [2.45, 2.75) is 5.78 Å². The zero-order valence-electron chi connectivity index (χ0n) is 9.60. The van der Waals surface area contributed by atoms with Gasteiger partial charge in [0.2, 0.25) is 0 Å². The lowest BCUT2D eigenvalue weighted by atomic mass is 10.2. The van der Waals surface area contributed by atoms with Crippen LogP contribution in [0.4, 0.5) is 5.69 Å². The maximum absolute atomic E-state index is 11.6. The summed E-state index contributed by atoms with van der Waals surface area (Å²) in [5.74, 6) is -1.03. The van der Waals surface area contributed by atoms with Crippen molar-refractivity contribution in [1.29, 1.82) is 0 Å². The molecule has 2 aromatic rings. The molecule has 3 N–H and O–H groups in total. The van der Waals surface area contributed by atoms with Gasteiger partial charge >= 0.3 is 7.60 Å². The summed E-state index contributed by atoms with van der Waals surface area (Å²) >= 11 is 0. The molecule has 0 fully saturated rings. The molecule has 0 aliphatic rings. The number of nitrogens with one attached hydrogen (secondary N) is 1. The quantitative estimate of drug-likeness (QED) is 0.742. The third-order valence-corrected chi connectivity index (χ3v) is 3.63. The summed E-state index contributed by atoms with van der Waals surface area (Å²) in [6.07, 6.45) is 0. The molecule has 0 aliphatic heterocycles. The van der Waals surface area contributed by atoms with Gasteiger partial charge in [-0.25, -0.2) is 0 Å². The van der Waals surface area contributed by atoms with Crippen molar-refractivity contribution in [3.63, 3.8) is 0 Å². The molecule has 0 aromatic heterocycles. The summed E-state index contributed by atoms with van der Waals surface area (Å²) in [5.41, 5.74) is 1.24. The summed E-state index contributed by atoms with van der Waals surface area (Å²) < 4.78 is 11.6. The predicted molar refractivity (Wildman–Crippen MR) is 71.3 cm³/mol. The van der Waals surface area contributed by atoms with E-state index in [0.29, 0.717) is 11.3 Å². The van der Waals surface area contributed by atoms with E-state index in [0.717, 1.165) is 0 Å². The number of para-hydroxylation sites is 1. The van der Waals surface area contributed by atoms with E-state index in [1.165, 1.54) is 0 Å². The number of hydrogen-bond donors (Lipinski definition) is 3. The molecule has 0 heterocycles. The van der Waals surface area contributed by atoms with Gasteiger partial charge in [-0.3, -0.25) is 4.57 Å². The topological polar surface area (TPSA) is 69.6 Å². The van der Waals surface area contributed by atoms with Gasteiger partial charge in [0.05, 0.1) is 0 Å².